The monoisotopic (exact) mass is 247 g/mol. The molecule has 1 aliphatic carbocycles. The van der Waals surface area contributed by atoms with Gasteiger partial charge >= 0.3 is 0 Å². The summed E-state index contributed by atoms with van der Waals surface area (Å²) in [6.45, 7) is 4.97. The van der Waals surface area contributed by atoms with Crippen molar-refractivity contribution in [2.75, 3.05) is 6.54 Å². The van der Waals surface area contributed by atoms with Gasteiger partial charge in [-0.3, -0.25) is 4.79 Å². The molecule has 98 valence electrons. The van der Waals surface area contributed by atoms with Gasteiger partial charge in [-0.2, -0.15) is 0 Å². The van der Waals surface area contributed by atoms with Crippen LogP contribution in [0, 0.1) is 0 Å². The summed E-state index contributed by atoms with van der Waals surface area (Å²) < 4.78 is 5.70. The highest BCUT2D eigenvalue weighted by molar-refractivity contribution is 5.96. The number of carbonyl (C=O) groups excluding carboxylic acids is 1. The number of carbonyl (C=O) groups is 1. The summed E-state index contributed by atoms with van der Waals surface area (Å²) in [5, 5.41) is 3.25. The van der Waals surface area contributed by atoms with Crippen molar-refractivity contribution in [3.05, 3.63) is 29.8 Å². The molecule has 0 saturated heterocycles. The number of ether oxygens (including phenoxy) is 1. The van der Waals surface area contributed by atoms with Gasteiger partial charge in [0.15, 0.2) is 5.78 Å². The smallest absolute Gasteiger partial charge is 0.164 e. The largest absolute Gasteiger partial charge is 0.490 e. The van der Waals surface area contributed by atoms with Gasteiger partial charge in [-0.15, -0.1) is 0 Å². The fraction of sp³-hybridized carbons (Fsp3) is 0.533. The normalized spacial score (nSPS) is 16.3. The number of Topliss-reactive ketones (excluding diaryl/α,β-unsaturated/α-hetero) is 1. The second-order valence-electron chi connectivity index (χ2n) is 4.93. The molecule has 0 radical (unpaired) electrons. The maximum absolute atomic E-state index is 12.1. The number of rotatable bonds is 7. The van der Waals surface area contributed by atoms with Crippen molar-refractivity contribution < 1.29 is 9.53 Å². The van der Waals surface area contributed by atoms with E-state index in [1.165, 1.54) is 0 Å². The molecule has 1 aliphatic rings. The number of hydrogen-bond acceptors (Lipinski definition) is 3. The molecule has 1 unspecified atom stereocenters. The van der Waals surface area contributed by atoms with Crippen molar-refractivity contribution >= 4 is 5.78 Å². The van der Waals surface area contributed by atoms with Crippen LogP contribution in [0.15, 0.2) is 24.3 Å². The summed E-state index contributed by atoms with van der Waals surface area (Å²) in [6.07, 6.45) is 3.17. The molecule has 0 amide bonds. The number of benzene rings is 1. The zero-order valence-corrected chi connectivity index (χ0v) is 11.1. The molecule has 18 heavy (non-hydrogen) atoms. The Morgan fingerprint density at radius 1 is 1.50 bits per heavy atom. The summed E-state index contributed by atoms with van der Waals surface area (Å²) in [4.78, 5) is 12.1. The molecule has 2 rings (SSSR count). The van der Waals surface area contributed by atoms with E-state index in [1.807, 2.05) is 38.1 Å². The minimum atomic E-state index is 0.171. The highest BCUT2D eigenvalue weighted by atomic mass is 16.5. The van der Waals surface area contributed by atoms with Crippen molar-refractivity contribution in [2.45, 2.75) is 45.3 Å². The van der Waals surface area contributed by atoms with Gasteiger partial charge in [0.2, 0.25) is 0 Å². The van der Waals surface area contributed by atoms with Crippen molar-refractivity contribution in [2.24, 2.45) is 0 Å². The maximum Gasteiger partial charge on any atom is 0.164 e. The Kier molecular flexibility index (Phi) is 4.37. The third-order valence-corrected chi connectivity index (χ3v) is 3.03. The van der Waals surface area contributed by atoms with Crippen molar-refractivity contribution in [3.8, 4) is 5.75 Å². The van der Waals surface area contributed by atoms with Crippen LogP contribution in [0.5, 0.6) is 5.75 Å². The summed E-state index contributed by atoms with van der Waals surface area (Å²) in [5.74, 6) is 0.990. The molecule has 0 aromatic heterocycles. The molecule has 1 N–H and O–H groups in total. The van der Waals surface area contributed by atoms with E-state index in [9.17, 15) is 4.79 Å². The molecule has 0 bridgehead atoms. The van der Waals surface area contributed by atoms with Crippen LogP contribution in [0.3, 0.4) is 0 Å². The van der Waals surface area contributed by atoms with Gasteiger partial charge in [-0.05, 0) is 38.4 Å². The minimum Gasteiger partial charge on any atom is -0.490 e. The molecule has 1 aromatic rings. The number of ketones is 1. The Morgan fingerprint density at radius 2 is 2.28 bits per heavy atom. The number of nitrogens with one attached hydrogen (secondary N) is 1. The van der Waals surface area contributed by atoms with Gasteiger partial charge in [0.25, 0.3) is 0 Å². The molecule has 0 heterocycles. The summed E-state index contributed by atoms with van der Waals surface area (Å²) >= 11 is 0. The summed E-state index contributed by atoms with van der Waals surface area (Å²) in [5.41, 5.74) is 0.748. The highest BCUT2D eigenvalue weighted by Gasteiger charge is 2.23. The van der Waals surface area contributed by atoms with Crippen LogP contribution in [0.4, 0.5) is 0 Å². The molecular formula is C15H21NO2. The zero-order chi connectivity index (χ0) is 13.0. The Hall–Kier alpha value is -1.35. The standard InChI is InChI=1S/C15H21NO2/c1-3-16-11(2)9-15(17)12-5-4-6-14(10-12)18-13-7-8-13/h4-6,10-11,13,16H,3,7-9H2,1-2H3. The second kappa shape index (κ2) is 6.01. The van der Waals surface area contributed by atoms with Gasteiger partial charge in [0, 0.05) is 18.0 Å². The van der Waals surface area contributed by atoms with Crippen LogP contribution in [0.2, 0.25) is 0 Å². The van der Waals surface area contributed by atoms with Gasteiger partial charge in [-0.1, -0.05) is 19.1 Å². The first-order valence-electron chi connectivity index (χ1n) is 6.72. The van der Waals surface area contributed by atoms with Crippen LogP contribution < -0.4 is 10.1 Å². The molecule has 1 atom stereocenters. The van der Waals surface area contributed by atoms with Crippen LogP contribution in [-0.4, -0.2) is 24.5 Å². The molecular weight excluding hydrogens is 226 g/mol. The predicted octanol–water partition coefficient (Wildman–Crippen LogP) is 2.80. The quantitative estimate of drug-likeness (QED) is 0.753. The third kappa shape index (κ3) is 3.84. The van der Waals surface area contributed by atoms with E-state index in [0.29, 0.717) is 12.5 Å². The van der Waals surface area contributed by atoms with E-state index in [4.69, 9.17) is 4.74 Å². The van der Waals surface area contributed by atoms with E-state index >= 15 is 0 Å². The molecule has 1 aromatic carbocycles. The average molecular weight is 247 g/mol. The van der Waals surface area contributed by atoms with Crippen LogP contribution in [0.1, 0.15) is 43.5 Å². The van der Waals surface area contributed by atoms with Crippen molar-refractivity contribution in [1.82, 2.24) is 5.32 Å². The Labute approximate surface area is 109 Å². The third-order valence-electron chi connectivity index (χ3n) is 3.03. The topological polar surface area (TPSA) is 38.3 Å². The molecule has 1 fully saturated rings. The summed E-state index contributed by atoms with van der Waals surface area (Å²) in [7, 11) is 0. The van der Waals surface area contributed by atoms with E-state index in [-0.39, 0.29) is 11.8 Å². The lowest BCUT2D eigenvalue weighted by molar-refractivity contribution is 0.0971. The minimum absolute atomic E-state index is 0.171. The first-order chi connectivity index (χ1) is 8.69. The van der Waals surface area contributed by atoms with Gasteiger partial charge in [0.1, 0.15) is 5.75 Å². The first kappa shape index (κ1) is 13.1. The lowest BCUT2D eigenvalue weighted by Gasteiger charge is -2.11. The predicted molar refractivity (Wildman–Crippen MR) is 72.2 cm³/mol. The van der Waals surface area contributed by atoms with Crippen LogP contribution >= 0.6 is 0 Å². The molecule has 0 spiro atoms. The molecule has 3 nitrogen and oxygen atoms in total. The summed E-state index contributed by atoms with van der Waals surface area (Å²) in [6, 6.07) is 7.75. The van der Waals surface area contributed by atoms with Crippen molar-refractivity contribution in [1.29, 1.82) is 0 Å². The van der Waals surface area contributed by atoms with Crippen LogP contribution in [0.25, 0.3) is 0 Å². The average Bonchev–Trinajstić information content (AvgIpc) is 3.13. The second-order valence-corrected chi connectivity index (χ2v) is 4.93. The van der Waals surface area contributed by atoms with Gasteiger partial charge in [-0.25, -0.2) is 0 Å². The lowest BCUT2D eigenvalue weighted by Crippen LogP contribution is -2.28. The fourth-order valence-corrected chi connectivity index (χ4v) is 1.94. The van der Waals surface area contributed by atoms with E-state index in [0.717, 1.165) is 30.7 Å². The Bertz CT molecular complexity index is 413. The van der Waals surface area contributed by atoms with Gasteiger partial charge in [0.05, 0.1) is 6.10 Å². The molecule has 0 aliphatic heterocycles. The highest BCUT2D eigenvalue weighted by Crippen LogP contribution is 2.27. The number of hydrogen-bond donors (Lipinski definition) is 1. The van der Waals surface area contributed by atoms with Crippen molar-refractivity contribution in [3.63, 3.8) is 0 Å². The fourth-order valence-electron chi connectivity index (χ4n) is 1.94. The van der Waals surface area contributed by atoms with E-state index < -0.39 is 0 Å². The molecule has 1 saturated carbocycles. The van der Waals surface area contributed by atoms with Gasteiger partial charge < -0.3 is 10.1 Å². The Balaban J connectivity index is 1.95. The van der Waals surface area contributed by atoms with E-state index in [2.05, 4.69) is 5.32 Å². The van der Waals surface area contributed by atoms with Crippen LogP contribution in [-0.2, 0) is 0 Å². The van der Waals surface area contributed by atoms with E-state index in [1.54, 1.807) is 0 Å². The maximum atomic E-state index is 12.1. The SMILES string of the molecule is CCNC(C)CC(=O)c1cccc(OC2CC2)c1. The zero-order valence-electron chi connectivity index (χ0n) is 11.1. The Morgan fingerprint density at radius 3 is 2.94 bits per heavy atom. The lowest BCUT2D eigenvalue weighted by atomic mass is 10.0. The molecule has 3 heteroatoms. The first-order valence-corrected chi connectivity index (χ1v) is 6.72.